The van der Waals surface area contributed by atoms with Crippen molar-refractivity contribution in [2.45, 2.75) is 45.5 Å². The van der Waals surface area contributed by atoms with Crippen molar-refractivity contribution < 1.29 is 4.74 Å². The quantitative estimate of drug-likeness (QED) is 0.821. The van der Waals surface area contributed by atoms with Crippen LogP contribution in [0.1, 0.15) is 35.5 Å². The Morgan fingerprint density at radius 3 is 3.09 bits per heavy atom. The number of ether oxygens (including phenoxy) is 1. The van der Waals surface area contributed by atoms with Gasteiger partial charge in [0.15, 0.2) is 0 Å². The van der Waals surface area contributed by atoms with Gasteiger partial charge in [-0.2, -0.15) is 0 Å². The fourth-order valence-electron chi connectivity index (χ4n) is 2.93. The van der Waals surface area contributed by atoms with Crippen LogP contribution in [0.2, 0.25) is 0 Å². The van der Waals surface area contributed by atoms with E-state index in [9.17, 15) is 0 Å². The first-order valence-electron chi connectivity index (χ1n) is 8.12. The predicted molar refractivity (Wildman–Crippen MR) is 85.5 cm³/mol. The van der Waals surface area contributed by atoms with E-state index in [1.807, 2.05) is 11.3 Å². The molecule has 6 heteroatoms. The normalized spacial score (nSPS) is 19.1. The Hall–Kier alpha value is -1.24. The highest BCUT2D eigenvalue weighted by atomic mass is 32.1. The van der Waals surface area contributed by atoms with Crippen LogP contribution in [0, 0.1) is 5.92 Å². The van der Waals surface area contributed by atoms with Gasteiger partial charge in [-0.15, -0.1) is 16.4 Å². The van der Waals surface area contributed by atoms with E-state index in [1.54, 1.807) is 0 Å². The summed E-state index contributed by atoms with van der Waals surface area (Å²) in [6.45, 7) is 5.51. The lowest BCUT2D eigenvalue weighted by Crippen LogP contribution is -2.23. The summed E-state index contributed by atoms with van der Waals surface area (Å²) in [5, 5.41) is 10.8. The molecule has 3 heterocycles. The van der Waals surface area contributed by atoms with Crippen LogP contribution in [-0.4, -0.2) is 33.0 Å². The van der Waals surface area contributed by atoms with Crippen LogP contribution in [0.15, 0.2) is 17.5 Å². The molecule has 1 saturated carbocycles. The molecule has 0 aromatic carbocycles. The number of hydrogen-bond acceptors (Lipinski definition) is 5. The molecule has 4 rings (SSSR count). The summed E-state index contributed by atoms with van der Waals surface area (Å²) in [6.07, 6.45) is 3.78. The van der Waals surface area contributed by atoms with Crippen LogP contribution in [0.3, 0.4) is 0 Å². The molecule has 0 N–H and O–H groups in total. The highest BCUT2D eigenvalue weighted by molar-refractivity contribution is 7.09. The third-order valence-electron chi connectivity index (χ3n) is 4.38. The molecule has 118 valence electrons. The summed E-state index contributed by atoms with van der Waals surface area (Å²) in [7, 11) is 0. The molecule has 2 aliphatic rings. The molecule has 0 atom stereocenters. The van der Waals surface area contributed by atoms with Gasteiger partial charge in [0.2, 0.25) is 0 Å². The van der Waals surface area contributed by atoms with Crippen molar-refractivity contribution in [2.24, 2.45) is 5.92 Å². The van der Waals surface area contributed by atoms with E-state index in [0.29, 0.717) is 6.61 Å². The van der Waals surface area contributed by atoms with Crippen LogP contribution in [-0.2, 0) is 31.0 Å². The number of aromatic nitrogens is 3. The highest BCUT2D eigenvalue weighted by Crippen LogP contribution is 2.29. The Morgan fingerprint density at radius 1 is 1.32 bits per heavy atom. The molecule has 0 amide bonds. The summed E-state index contributed by atoms with van der Waals surface area (Å²) in [4.78, 5) is 3.92. The van der Waals surface area contributed by atoms with Gasteiger partial charge in [0, 0.05) is 37.7 Å². The Bertz CT molecular complexity index is 606. The third-order valence-corrected chi connectivity index (χ3v) is 5.25. The molecule has 0 unspecified atom stereocenters. The van der Waals surface area contributed by atoms with Crippen molar-refractivity contribution in [3.05, 3.63) is 33.8 Å². The van der Waals surface area contributed by atoms with Crippen molar-refractivity contribution in [1.29, 1.82) is 0 Å². The van der Waals surface area contributed by atoms with Crippen LogP contribution in [0.25, 0.3) is 0 Å². The molecule has 2 aromatic rings. The largest absolute Gasteiger partial charge is 0.375 e. The minimum absolute atomic E-state index is 0.610. The third kappa shape index (κ3) is 3.39. The Balaban J connectivity index is 1.42. The molecule has 5 nitrogen and oxygen atoms in total. The standard InChI is InChI=1S/C16H22N4OS/c1-3-14(22-8-1)9-19-6-2-7-20-16(10-19)15(17-18-20)12-21-11-13-4-5-13/h1,3,8,13H,2,4-7,9-12H2. The van der Waals surface area contributed by atoms with Gasteiger partial charge in [0.1, 0.15) is 5.69 Å². The minimum Gasteiger partial charge on any atom is -0.375 e. The monoisotopic (exact) mass is 318 g/mol. The first-order chi connectivity index (χ1) is 10.9. The molecule has 0 bridgehead atoms. The van der Waals surface area contributed by atoms with E-state index in [1.165, 1.54) is 23.4 Å². The van der Waals surface area contributed by atoms with Gasteiger partial charge in [-0.25, -0.2) is 4.68 Å². The van der Waals surface area contributed by atoms with Gasteiger partial charge >= 0.3 is 0 Å². The SMILES string of the molecule is c1csc(CN2CCCn3nnc(COCC4CC4)c3C2)c1. The zero-order chi connectivity index (χ0) is 14.8. The Labute approximate surface area is 134 Å². The van der Waals surface area contributed by atoms with Crippen molar-refractivity contribution in [3.63, 3.8) is 0 Å². The number of thiophene rings is 1. The average Bonchev–Trinajstić information content (AvgIpc) is 3.13. The summed E-state index contributed by atoms with van der Waals surface area (Å²) in [5.41, 5.74) is 2.27. The summed E-state index contributed by atoms with van der Waals surface area (Å²) in [6, 6.07) is 4.34. The maximum atomic E-state index is 5.82. The maximum absolute atomic E-state index is 5.82. The lowest BCUT2D eigenvalue weighted by molar-refractivity contribution is 0.107. The molecule has 1 aliphatic carbocycles. The van der Waals surface area contributed by atoms with Crippen LogP contribution < -0.4 is 0 Å². The topological polar surface area (TPSA) is 43.2 Å². The number of hydrogen-bond donors (Lipinski definition) is 0. The fraction of sp³-hybridized carbons (Fsp3) is 0.625. The van der Waals surface area contributed by atoms with Crippen LogP contribution in [0.4, 0.5) is 0 Å². The van der Waals surface area contributed by atoms with Crippen LogP contribution >= 0.6 is 11.3 Å². The number of nitrogens with zero attached hydrogens (tertiary/aromatic N) is 4. The first-order valence-corrected chi connectivity index (χ1v) is 9.00. The fourth-order valence-corrected chi connectivity index (χ4v) is 3.68. The summed E-state index contributed by atoms with van der Waals surface area (Å²) < 4.78 is 7.89. The zero-order valence-electron chi connectivity index (χ0n) is 12.8. The second kappa shape index (κ2) is 6.48. The molecule has 2 aromatic heterocycles. The summed E-state index contributed by atoms with van der Waals surface area (Å²) >= 11 is 1.83. The van der Waals surface area contributed by atoms with E-state index in [2.05, 4.69) is 37.4 Å². The van der Waals surface area contributed by atoms with Gasteiger partial charge in [-0.3, -0.25) is 4.90 Å². The molecule has 0 saturated heterocycles. The van der Waals surface area contributed by atoms with Crippen LogP contribution in [0.5, 0.6) is 0 Å². The van der Waals surface area contributed by atoms with E-state index < -0.39 is 0 Å². The Morgan fingerprint density at radius 2 is 2.27 bits per heavy atom. The lowest BCUT2D eigenvalue weighted by atomic mass is 10.3. The molecule has 22 heavy (non-hydrogen) atoms. The predicted octanol–water partition coefficient (Wildman–Crippen LogP) is 2.67. The highest BCUT2D eigenvalue weighted by Gasteiger charge is 2.23. The van der Waals surface area contributed by atoms with Gasteiger partial charge in [-0.1, -0.05) is 11.3 Å². The zero-order valence-corrected chi connectivity index (χ0v) is 13.6. The van der Waals surface area contributed by atoms with Gasteiger partial charge in [-0.05, 0) is 36.6 Å². The molecule has 0 spiro atoms. The molecular formula is C16H22N4OS. The van der Waals surface area contributed by atoms with E-state index in [4.69, 9.17) is 4.74 Å². The average molecular weight is 318 g/mol. The number of aryl methyl sites for hydroxylation is 1. The van der Waals surface area contributed by atoms with Gasteiger partial charge in [0.05, 0.1) is 12.3 Å². The van der Waals surface area contributed by atoms with Crippen molar-refractivity contribution in [1.82, 2.24) is 19.9 Å². The molecular weight excluding hydrogens is 296 g/mol. The maximum Gasteiger partial charge on any atom is 0.113 e. The minimum atomic E-state index is 0.610. The van der Waals surface area contributed by atoms with E-state index in [0.717, 1.165) is 50.8 Å². The lowest BCUT2D eigenvalue weighted by Gasteiger charge is -2.18. The second-order valence-corrected chi connectivity index (χ2v) is 7.34. The van der Waals surface area contributed by atoms with E-state index >= 15 is 0 Å². The van der Waals surface area contributed by atoms with E-state index in [-0.39, 0.29) is 0 Å². The summed E-state index contributed by atoms with van der Waals surface area (Å²) in [5.74, 6) is 0.796. The molecule has 1 aliphatic heterocycles. The molecule has 1 fully saturated rings. The van der Waals surface area contributed by atoms with Crippen molar-refractivity contribution in [2.75, 3.05) is 13.2 Å². The first kappa shape index (κ1) is 14.4. The smallest absolute Gasteiger partial charge is 0.113 e. The molecule has 0 radical (unpaired) electrons. The van der Waals surface area contributed by atoms with Crippen molar-refractivity contribution >= 4 is 11.3 Å². The second-order valence-electron chi connectivity index (χ2n) is 6.31. The number of fused-ring (bicyclic) bond motifs is 1. The van der Waals surface area contributed by atoms with Gasteiger partial charge < -0.3 is 4.74 Å². The number of rotatable bonds is 6. The van der Waals surface area contributed by atoms with Crippen molar-refractivity contribution in [3.8, 4) is 0 Å². The Kier molecular flexibility index (Phi) is 4.23. The van der Waals surface area contributed by atoms with Gasteiger partial charge in [0.25, 0.3) is 0 Å².